The second-order valence-corrected chi connectivity index (χ2v) is 12.2. The van der Waals surface area contributed by atoms with Crippen LogP contribution in [0, 0.1) is 13.8 Å². The molecule has 0 atom stereocenters. The van der Waals surface area contributed by atoms with E-state index in [4.69, 9.17) is 0 Å². The Labute approximate surface area is 194 Å². The van der Waals surface area contributed by atoms with Crippen molar-refractivity contribution in [2.24, 2.45) is 0 Å². The van der Waals surface area contributed by atoms with Crippen LogP contribution < -0.4 is 0 Å². The van der Waals surface area contributed by atoms with Crippen LogP contribution in [0.25, 0.3) is 10.9 Å². The Kier molecular flexibility index (Phi) is 5.19. The van der Waals surface area contributed by atoms with E-state index in [1.54, 1.807) is 60.7 Å². The smallest absolute Gasteiger partial charge is 0.238 e. The molecule has 4 aromatic rings. The van der Waals surface area contributed by atoms with Crippen LogP contribution in [0.15, 0.2) is 82.6 Å². The largest absolute Gasteiger partial charge is 0.268 e. The summed E-state index contributed by atoms with van der Waals surface area (Å²) in [5, 5.41) is 0.756. The second-order valence-electron chi connectivity index (χ2n) is 8.43. The summed E-state index contributed by atoms with van der Waals surface area (Å²) >= 11 is 0. The van der Waals surface area contributed by atoms with Crippen molar-refractivity contribution in [3.8, 4) is 0 Å². The molecule has 6 nitrogen and oxygen atoms in total. The van der Waals surface area contributed by atoms with Crippen LogP contribution >= 0.6 is 0 Å². The Morgan fingerprint density at radius 2 is 1.24 bits per heavy atom. The minimum atomic E-state index is -3.84. The van der Waals surface area contributed by atoms with Gasteiger partial charge in [-0.05, 0) is 49.7 Å². The molecule has 0 N–H and O–H groups in total. The molecule has 33 heavy (non-hydrogen) atoms. The van der Waals surface area contributed by atoms with E-state index in [1.807, 2.05) is 26.0 Å². The van der Waals surface area contributed by atoms with E-state index in [-0.39, 0.29) is 22.9 Å². The molecule has 0 saturated carbocycles. The predicted octanol–water partition coefficient (Wildman–Crippen LogP) is 4.24. The van der Waals surface area contributed by atoms with Gasteiger partial charge in [-0.1, -0.05) is 53.6 Å². The van der Waals surface area contributed by atoms with Gasteiger partial charge in [-0.3, -0.25) is 0 Å². The van der Waals surface area contributed by atoms with Gasteiger partial charge in [0.15, 0.2) is 0 Å². The standard InChI is InChI=1S/C25H24N2O4S2/c1-18-7-11-20(12-8-18)32(28,29)26-16-15-25-23(17-26)22-5-3-4-6-24(22)27(25)33(30,31)21-13-9-19(2)10-14-21/h3-14H,15-17H2,1-2H3. The molecular formula is C25H24N2O4S2. The number of rotatable bonds is 4. The monoisotopic (exact) mass is 480 g/mol. The third-order valence-corrected chi connectivity index (χ3v) is 9.82. The van der Waals surface area contributed by atoms with Crippen molar-refractivity contribution in [3.05, 3.63) is 95.2 Å². The Morgan fingerprint density at radius 3 is 1.85 bits per heavy atom. The van der Waals surface area contributed by atoms with E-state index in [0.29, 0.717) is 17.6 Å². The summed E-state index contributed by atoms with van der Waals surface area (Å²) < 4.78 is 56.8. The summed E-state index contributed by atoms with van der Waals surface area (Å²) in [7, 11) is -7.54. The minimum absolute atomic E-state index is 0.127. The van der Waals surface area contributed by atoms with Gasteiger partial charge in [0.05, 0.1) is 15.3 Å². The molecule has 3 aromatic carbocycles. The first-order valence-corrected chi connectivity index (χ1v) is 13.6. The van der Waals surface area contributed by atoms with Gasteiger partial charge >= 0.3 is 0 Å². The topological polar surface area (TPSA) is 76.5 Å². The summed E-state index contributed by atoms with van der Waals surface area (Å²) in [6.45, 7) is 4.16. The van der Waals surface area contributed by atoms with E-state index >= 15 is 0 Å². The third-order valence-electron chi connectivity index (χ3n) is 6.19. The van der Waals surface area contributed by atoms with Crippen molar-refractivity contribution in [3.63, 3.8) is 0 Å². The SMILES string of the molecule is Cc1ccc(S(=O)(=O)N2CCc3c(c4ccccc4n3S(=O)(=O)c3ccc(C)cc3)C2)cc1. The fourth-order valence-corrected chi connectivity index (χ4v) is 7.41. The van der Waals surface area contributed by atoms with Crippen molar-refractivity contribution < 1.29 is 16.8 Å². The van der Waals surface area contributed by atoms with Crippen LogP contribution in [0.2, 0.25) is 0 Å². The number of aryl methyl sites for hydroxylation is 2. The van der Waals surface area contributed by atoms with Crippen molar-refractivity contribution >= 4 is 30.9 Å². The zero-order valence-electron chi connectivity index (χ0n) is 18.4. The van der Waals surface area contributed by atoms with Gasteiger partial charge < -0.3 is 0 Å². The highest BCUT2D eigenvalue weighted by atomic mass is 32.2. The highest BCUT2D eigenvalue weighted by Crippen LogP contribution is 2.35. The number of para-hydroxylation sites is 1. The first-order valence-electron chi connectivity index (χ1n) is 10.7. The molecule has 1 aromatic heterocycles. The number of sulfonamides is 1. The highest BCUT2D eigenvalue weighted by molar-refractivity contribution is 7.90. The molecule has 0 aliphatic carbocycles. The lowest BCUT2D eigenvalue weighted by molar-refractivity contribution is 0.390. The summed E-state index contributed by atoms with van der Waals surface area (Å²) in [5.74, 6) is 0. The molecule has 0 saturated heterocycles. The third kappa shape index (κ3) is 3.58. The van der Waals surface area contributed by atoms with Gasteiger partial charge in [0.1, 0.15) is 0 Å². The van der Waals surface area contributed by atoms with Crippen molar-refractivity contribution in [1.29, 1.82) is 0 Å². The van der Waals surface area contributed by atoms with Gasteiger partial charge in [-0.2, -0.15) is 4.31 Å². The zero-order valence-corrected chi connectivity index (χ0v) is 20.0. The van der Waals surface area contributed by atoms with Crippen LogP contribution in [-0.4, -0.2) is 31.7 Å². The van der Waals surface area contributed by atoms with E-state index < -0.39 is 20.0 Å². The Balaban J connectivity index is 1.64. The molecule has 0 bridgehead atoms. The molecule has 0 amide bonds. The van der Waals surface area contributed by atoms with Crippen molar-refractivity contribution in [2.45, 2.75) is 36.6 Å². The zero-order chi connectivity index (χ0) is 23.4. The summed E-state index contributed by atoms with van der Waals surface area (Å²) in [5.41, 5.74) is 3.91. The predicted molar refractivity (Wildman–Crippen MR) is 128 cm³/mol. The molecule has 1 aliphatic heterocycles. The number of fused-ring (bicyclic) bond motifs is 3. The molecule has 0 spiro atoms. The van der Waals surface area contributed by atoms with Gasteiger partial charge in [-0.15, -0.1) is 0 Å². The molecule has 170 valence electrons. The summed E-state index contributed by atoms with van der Waals surface area (Å²) in [6.07, 6.45) is 0.306. The first kappa shape index (κ1) is 21.9. The lowest BCUT2D eigenvalue weighted by Crippen LogP contribution is -2.36. The number of nitrogens with zero attached hydrogens (tertiary/aromatic N) is 2. The van der Waals surface area contributed by atoms with E-state index in [1.165, 1.54) is 8.28 Å². The molecule has 0 fully saturated rings. The molecule has 0 unspecified atom stereocenters. The van der Waals surface area contributed by atoms with Crippen molar-refractivity contribution in [1.82, 2.24) is 8.28 Å². The number of aromatic nitrogens is 1. The molecular weight excluding hydrogens is 456 g/mol. The molecule has 2 heterocycles. The molecule has 1 aliphatic rings. The Hall–Kier alpha value is -2.94. The van der Waals surface area contributed by atoms with Crippen LogP contribution in [0.1, 0.15) is 22.4 Å². The maximum Gasteiger partial charge on any atom is 0.268 e. The Morgan fingerprint density at radius 1 is 0.697 bits per heavy atom. The maximum atomic E-state index is 13.7. The number of hydrogen-bond acceptors (Lipinski definition) is 4. The molecule has 5 rings (SSSR count). The van der Waals surface area contributed by atoms with Gasteiger partial charge in [0.25, 0.3) is 10.0 Å². The second kappa shape index (κ2) is 7.83. The van der Waals surface area contributed by atoms with Crippen LogP contribution in [0.3, 0.4) is 0 Å². The van der Waals surface area contributed by atoms with Gasteiger partial charge in [-0.25, -0.2) is 20.8 Å². The average molecular weight is 481 g/mol. The minimum Gasteiger partial charge on any atom is -0.238 e. The highest BCUT2D eigenvalue weighted by Gasteiger charge is 2.34. The number of hydrogen-bond donors (Lipinski definition) is 0. The van der Waals surface area contributed by atoms with Crippen LogP contribution in [0.4, 0.5) is 0 Å². The lowest BCUT2D eigenvalue weighted by atomic mass is 10.1. The normalized spacial score (nSPS) is 15.0. The quantitative estimate of drug-likeness (QED) is 0.438. The lowest BCUT2D eigenvalue weighted by Gasteiger charge is -2.27. The molecule has 8 heteroatoms. The summed E-state index contributed by atoms with van der Waals surface area (Å²) in [6, 6.07) is 20.9. The van der Waals surface area contributed by atoms with E-state index in [2.05, 4.69) is 0 Å². The Bertz CT molecular complexity index is 1570. The van der Waals surface area contributed by atoms with Crippen molar-refractivity contribution in [2.75, 3.05) is 6.54 Å². The van der Waals surface area contributed by atoms with E-state index in [9.17, 15) is 16.8 Å². The van der Waals surface area contributed by atoms with E-state index in [0.717, 1.165) is 22.1 Å². The van der Waals surface area contributed by atoms with Gasteiger partial charge in [0, 0.05) is 30.6 Å². The fraction of sp³-hybridized carbons (Fsp3) is 0.200. The summed E-state index contributed by atoms with van der Waals surface area (Å²) in [4.78, 5) is 0.457. The average Bonchev–Trinajstić information content (AvgIpc) is 3.14. The number of benzene rings is 3. The maximum absolute atomic E-state index is 13.7. The first-order chi connectivity index (χ1) is 15.7. The molecule has 0 radical (unpaired) electrons. The van der Waals surface area contributed by atoms with Gasteiger partial charge in [0.2, 0.25) is 10.0 Å². The van der Waals surface area contributed by atoms with Crippen LogP contribution in [-0.2, 0) is 33.0 Å². The van der Waals surface area contributed by atoms with Crippen LogP contribution in [0.5, 0.6) is 0 Å². The fourth-order valence-electron chi connectivity index (χ4n) is 4.40.